The molecule has 1 aromatic carbocycles. The van der Waals surface area contributed by atoms with Crippen molar-refractivity contribution in [3.8, 4) is 5.75 Å². The SMILES string of the molecule is O=[N+]([O-])c1ccc(OC2(c3ncc(Cl)cc3Cl)COC2)c(F)c1. The van der Waals surface area contributed by atoms with Crippen molar-refractivity contribution in [3.63, 3.8) is 0 Å². The number of hydrogen-bond acceptors (Lipinski definition) is 5. The lowest BCUT2D eigenvalue weighted by Crippen LogP contribution is -2.52. The molecule has 120 valence electrons. The summed E-state index contributed by atoms with van der Waals surface area (Å²) in [5.74, 6) is -0.998. The van der Waals surface area contributed by atoms with E-state index in [1.54, 1.807) is 0 Å². The Labute approximate surface area is 139 Å². The van der Waals surface area contributed by atoms with Crippen molar-refractivity contribution in [1.29, 1.82) is 0 Å². The molecule has 9 heteroatoms. The first-order valence-electron chi connectivity index (χ1n) is 6.43. The predicted molar refractivity (Wildman–Crippen MR) is 80.4 cm³/mol. The van der Waals surface area contributed by atoms with Crippen LogP contribution in [0.1, 0.15) is 5.69 Å². The Hall–Kier alpha value is -1.96. The summed E-state index contributed by atoms with van der Waals surface area (Å²) in [5.41, 5.74) is -1.05. The largest absolute Gasteiger partial charge is 0.473 e. The normalized spacial score (nSPS) is 15.8. The van der Waals surface area contributed by atoms with E-state index in [0.717, 1.165) is 12.1 Å². The Bertz CT molecular complexity index is 783. The maximum Gasteiger partial charge on any atom is 0.272 e. The lowest BCUT2D eigenvalue weighted by molar-refractivity contribution is -0.385. The number of ether oxygens (including phenoxy) is 2. The smallest absolute Gasteiger partial charge is 0.272 e. The van der Waals surface area contributed by atoms with Gasteiger partial charge in [0.1, 0.15) is 5.69 Å². The summed E-state index contributed by atoms with van der Waals surface area (Å²) in [5, 5.41) is 11.3. The minimum Gasteiger partial charge on any atom is -0.473 e. The van der Waals surface area contributed by atoms with Crippen molar-refractivity contribution in [1.82, 2.24) is 4.98 Å². The maximum absolute atomic E-state index is 14.0. The van der Waals surface area contributed by atoms with E-state index in [2.05, 4.69) is 4.98 Å². The Morgan fingerprint density at radius 1 is 1.35 bits per heavy atom. The monoisotopic (exact) mass is 358 g/mol. The molecule has 1 aliphatic heterocycles. The van der Waals surface area contributed by atoms with Gasteiger partial charge in [-0.3, -0.25) is 15.1 Å². The molecule has 2 heterocycles. The van der Waals surface area contributed by atoms with E-state index in [1.165, 1.54) is 18.3 Å². The average molecular weight is 359 g/mol. The first-order chi connectivity index (χ1) is 10.9. The van der Waals surface area contributed by atoms with E-state index in [9.17, 15) is 14.5 Å². The summed E-state index contributed by atoms with van der Waals surface area (Å²) >= 11 is 12.0. The first kappa shape index (κ1) is 15.9. The lowest BCUT2D eigenvalue weighted by Gasteiger charge is -2.41. The quantitative estimate of drug-likeness (QED) is 0.614. The molecule has 6 nitrogen and oxygen atoms in total. The molecule has 1 fully saturated rings. The Morgan fingerprint density at radius 3 is 2.61 bits per heavy atom. The Morgan fingerprint density at radius 2 is 2.09 bits per heavy atom. The second kappa shape index (κ2) is 5.92. The Kier molecular flexibility index (Phi) is 4.09. The van der Waals surface area contributed by atoms with Crippen molar-refractivity contribution in [3.05, 3.63) is 62.1 Å². The first-order valence-corrected chi connectivity index (χ1v) is 7.19. The molecular weight excluding hydrogens is 350 g/mol. The maximum atomic E-state index is 14.0. The van der Waals surface area contributed by atoms with Crippen LogP contribution >= 0.6 is 23.2 Å². The van der Waals surface area contributed by atoms with Crippen molar-refractivity contribution < 1.29 is 18.8 Å². The van der Waals surface area contributed by atoms with Crippen molar-refractivity contribution >= 4 is 28.9 Å². The molecule has 3 rings (SSSR count). The highest BCUT2D eigenvalue weighted by atomic mass is 35.5. The van der Waals surface area contributed by atoms with E-state index in [4.69, 9.17) is 32.7 Å². The molecule has 0 saturated carbocycles. The summed E-state index contributed by atoms with van der Waals surface area (Å²) in [4.78, 5) is 14.1. The molecule has 0 amide bonds. The Balaban J connectivity index is 1.95. The molecule has 1 saturated heterocycles. The number of aromatic nitrogens is 1. The van der Waals surface area contributed by atoms with Crippen LogP contribution in [0.2, 0.25) is 10.0 Å². The molecule has 0 radical (unpaired) electrons. The van der Waals surface area contributed by atoms with Gasteiger partial charge in [0.25, 0.3) is 5.69 Å². The second-order valence-electron chi connectivity index (χ2n) is 4.94. The van der Waals surface area contributed by atoms with Crippen molar-refractivity contribution in [2.75, 3.05) is 13.2 Å². The number of hydrogen-bond donors (Lipinski definition) is 0. The van der Waals surface area contributed by atoms with Crippen LogP contribution in [0, 0.1) is 15.9 Å². The van der Waals surface area contributed by atoms with E-state index in [0.29, 0.717) is 10.7 Å². The zero-order chi connectivity index (χ0) is 16.6. The van der Waals surface area contributed by atoms with Gasteiger partial charge in [-0.1, -0.05) is 23.2 Å². The van der Waals surface area contributed by atoms with Gasteiger partial charge in [0.15, 0.2) is 17.2 Å². The molecule has 1 aliphatic rings. The van der Waals surface area contributed by atoms with Crippen LogP contribution in [0.5, 0.6) is 5.75 Å². The fourth-order valence-electron chi connectivity index (χ4n) is 2.18. The molecule has 0 aliphatic carbocycles. The lowest BCUT2D eigenvalue weighted by atomic mass is 9.96. The van der Waals surface area contributed by atoms with Crippen molar-refractivity contribution in [2.24, 2.45) is 0 Å². The van der Waals surface area contributed by atoms with Gasteiger partial charge in [-0.2, -0.15) is 0 Å². The number of rotatable bonds is 4. The highest BCUT2D eigenvalue weighted by Crippen LogP contribution is 2.39. The number of nitrogens with zero attached hydrogens (tertiary/aromatic N) is 2. The van der Waals surface area contributed by atoms with Crippen LogP contribution in [0.3, 0.4) is 0 Å². The van der Waals surface area contributed by atoms with Crippen molar-refractivity contribution in [2.45, 2.75) is 5.60 Å². The minimum atomic E-state index is -1.06. The van der Waals surface area contributed by atoms with Gasteiger partial charge in [0.05, 0.1) is 34.2 Å². The van der Waals surface area contributed by atoms with E-state index in [1.807, 2.05) is 0 Å². The molecule has 0 unspecified atom stereocenters. The van der Waals surface area contributed by atoms with Crippen LogP contribution in [-0.4, -0.2) is 23.1 Å². The van der Waals surface area contributed by atoms with Gasteiger partial charge in [0.2, 0.25) is 0 Å². The van der Waals surface area contributed by atoms with E-state index in [-0.39, 0.29) is 29.7 Å². The number of pyridine rings is 1. The van der Waals surface area contributed by atoms with Crippen LogP contribution in [-0.2, 0) is 10.3 Å². The highest BCUT2D eigenvalue weighted by molar-refractivity contribution is 6.34. The second-order valence-corrected chi connectivity index (χ2v) is 5.79. The molecule has 0 atom stereocenters. The molecule has 23 heavy (non-hydrogen) atoms. The van der Waals surface area contributed by atoms with E-state index < -0.39 is 16.3 Å². The number of benzene rings is 1. The zero-order valence-electron chi connectivity index (χ0n) is 11.5. The number of non-ortho nitro benzene ring substituents is 1. The summed E-state index contributed by atoms with van der Waals surface area (Å²) in [7, 11) is 0. The van der Waals surface area contributed by atoms with Gasteiger partial charge in [-0.15, -0.1) is 0 Å². The standard InChI is InChI=1S/C14H9Cl2FN2O4/c15-8-3-10(16)13(18-5-8)14(6-22-7-14)23-12-2-1-9(19(20)21)4-11(12)17/h1-5H,6-7H2. The summed E-state index contributed by atoms with van der Waals surface area (Å²) in [6.07, 6.45) is 1.40. The molecule has 2 aromatic rings. The van der Waals surface area contributed by atoms with Gasteiger partial charge in [-0.05, 0) is 12.1 Å². The van der Waals surface area contributed by atoms with E-state index >= 15 is 0 Å². The molecule has 0 bridgehead atoms. The van der Waals surface area contributed by atoms with Gasteiger partial charge >= 0.3 is 0 Å². The molecule has 0 N–H and O–H groups in total. The summed E-state index contributed by atoms with van der Waals surface area (Å²) in [6.45, 7) is 0.246. The summed E-state index contributed by atoms with van der Waals surface area (Å²) < 4.78 is 24.9. The molecule has 1 aromatic heterocycles. The number of nitro benzene ring substituents is 1. The van der Waals surface area contributed by atoms with Crippen LogP contribution in [0.15, 0.2) is 30.5 Å². The van der Waals surface area contributed by atoms with Crippen LogP contribution in [0.4, 0.5) is 10.1 Å². The fraction of sp³-hybridized carbons (Fsp3) is 0.214. The minimum absolute atomic E-state index is 0.123. The average Bonchev–Trinajstić information content (AvgIpc) is 2.45. The van der Waals surface area contributed by atoms with Gasteiger partial charge < -0.3 is 9.47 Å². The third-order valence-corrected chi connectivity index (χ3v) is 3.84. The van der Waals surface area contributed by atoms with Crippen LogP contribution in [0.25, 0.3) is 0 Å². The molecule has 0 spiro atoms. The van der Waals surface area contributed by atoms with Crippen LogP contribution < -0.4 is 4.74 Å². The number of halogens is 3. The van der Waals surface area contributed by atoms with Gasteiger partial charge in [0, 0.05) is 12.3 Å². The predicted octanol–water partition coefficient (Wildman–Crippen LogP) is 3.74. The third-order valence-electron chi connectivity index (χ3n) is 3.34. The summed E-state index contributed by atoms with van der Waals surface area (Å²) in [6, 6.07) is 4.64. The molecular formula is C14H9Cl2FN2O4. The fourth-order valence-corrected chi connectivity index (χ4v) is 2.73. The zero-order valence-corrected chi connectivity index (χ0v) is 13.0. The highest BCUT2D eigenvalue weighted by Gasteiger charge is 2.46. The number of nitro groups is 1. The topological polar surface area (TPSA) is 74.5 Å². The van der Waals surface area contributed by atoms with Gasteiger partial charge in [-0.25, -0.2) is 4.39 Å². The third kappa shape index (κ3) is 2.95.